The van der Waals surface area contributed by atoms with Gasteiger partial charge in [-0.2, -0.15) is 0 Å². The molecule has 0 aromatic heterocycles. The number of aliphatic hydroxyl groups excluding tert-OH is 1. The average Bonchev–Trinajstić information content (AvgIpc) is 0.880. The predicted octanol–water partition coefficient (Wildman–Crippen LogP) is 14.5. The molecule has 0 unspecified atom stereocenters. The van der Waals surface area contributed by atoms with Gasteiger partial charge in [-0.1, -0.05) is 159 Å². The quantitative estimate of drug-likeness (QED) is 0.0314. The maximum atomic E-state index is 14.7. The van der Waals surface area contributed by atoms with E-state index in [0.29, 0.717) is 12.1 Å². The summed E-state index contributed by atoms with van der Waals surface area (Å²) < 4.78 is 75.5. The van der Waals surface area contributed by atoms with Gasteiger partial charge >= 0.3 is 17.9 Å². The van der Waals surface area contributed by atoms with E-state index in [9.17, 15) is 61.0 Å². The molecule has 0 saturated carbocycles. The van der Waals surface area contributed by atoms with E-state index >= 15 is 0 Å². The number of amides is 1. The normalized spacial score (nSPS) is 12.5. The van der Waals surface area contributed by atoms with Gasteiger partial charge in [0.05, 0.1) is 19.3 Å². The molecule has 2 atom stereocenters. The molecular weight excluding hydrogens is 1390 g/mol. The number of Topliss-reactive ketones (excluding diaryl/α,β-unsaturated/α-hetero) is 4. The van der Waals surface area contributed by atoms with Crippen molar-refractivity contribution in [2.75, 3.05) is 46.1 Å². The molecule has 1 amide bonds. The Labute approximate surface area is 573 Å². The molecule has 22 heteroatoms. The summed E-state index contributed by atoms with van der Waals surface area (Å²) in [5.41, 5.74) is 5.92. The molecule has 0 aliphatic carbocycles. The van der Waals surface area contributed by atoms with E-state index < -0.39 is 64.9 Å². The topological polar surface area (TPSA) is 229 Å². The van der Waals surface area contributed by atoms with Crippen molar-refractivity contribution in [3.8, 4) is 44.9 Å². The molecule has 97 heavy (non-hydrogen) atoms. The number of carbonyl (C=O) groups excluding carboxylic acids is 7. The summed E-state index contributed by atoms with van der Waals surface area (Å²) in [5.74, 6) is -8.47. The number of nitrogens with zero attached hydrogens (tertiary/aromatic N) is 1. The average molecular weight is 1450 g/mol. The van der Waals surface area contributed by atoms with Crippen LogP contribution in [0.25, 0.3) is 33.4 Å². The number of halogens is 6. The Balaban J connectivity index is 0.000000189. The number of carboxylic acid groups (broad SMARTS) is 1. The van der Waals surface area contributed by atoms with Gasteiger partial charge in [0, 0.05) is 37.7 Å². The number of rotatable bonds is 18. The molecule has 11 rings (SSSR count). The Hall–Kier alpha value is -10.3. The van der Waals surface area contributed by atoms with Gasteiger partial charge in [-0.25, -0.2) is 31.9 Å². The summed E-state index contributed by atoms with van der Waals surface area (Å²) in [6.45, 7) is 6.05. The maximum Gasteiger partial charge on any atom is 0.379 e. The first-order valence-corrected chi connectivity index (χ1v) is 31.8. The number of hydrogen-bond acceptors (Lipinski definition) is 14. The van der Waals surface area contributed by atoms with Crippen molar-refractivity contribution in [1.29, 1.82) is 0 Å². The van der Waals surface area contributed by atoms with Crippen molar-refractivity contribution in [1.82, 2.24) is 10.2 Å². The minimum Gasteiger partial charge on any atom is -0.486 e. The minimum atomic E-state index is -1.48. The van der Waals surface area contributed by atoms with Crippen LogP contribution in [-0.2, 0) is 28.7 Å². The summed E-state index contributed by atoms with van der Waals surface area (Å²) >= 11 is 6.55. The second-order valence-corrected chi connectivity index (χ2v) is 23.0. The number of nitrogens with one attached hydrogen (secondary N) is 1. The van der Waals surface area contributed by atoms with E-state index in [1.807, 2.05) is 30.3 Å². The molecular formula is C75H64Br2F4N2O14. The molecule has 9 aromatic carbocycles. The zero-order valence-corrected chi connectivity index (χ0v) is 55.4. The molecule has 0 spiro atoms. The zero-order valence-electron chi connectivity index (χ0n) is 52.2. The Kier molecular flexibility index (Phi) is 28.4. The van der Waals surface area contributed by atoms with Crippen LogP contribution in [0.4, 0.5) is 17.6 Å². The highest BCUT2D eigenvalue weighted by molar-refractivity contribution is 9.10. The SMILES string of the molecule is Brc1ccccc1.CCOC(=O)C(=O)c1ccc(-c2ccc(F)cc2)cc1.CCOC(=O)C(=O)c1ccc(Br)cc1.O=C(N[C@H](CN1CCCC1)[C@H](O)c1cc(F)c2c(c1)OCCO2)C(=O)c1ccc(-c2ccc(F)cc2)cc1.O=C(O)C(=O)c1ccc(-c2ccc(F)cc2)cc1. The lowest BCUT2D eigenvalue weighted by Crippen LogP contribution is -2.48. The first-order valence-electron chi connectivity index (χ1n) is 30.2. The number of carbonyl (C=O) groups is 8. The molecule has 3 N–H and O–H groups in total. The van der Waals surface area contributed by atoms with E-state index in [0.717, 1.165) is 74.3 Å². The lowest BCUT2D eigenvalue weighted by atomic mass is 9.99. The van der Waals surface area contributed by atoms with Gasteiger partial charge in [0.2, 0.25) is 5.78 Å². The van der Waals surface area contributed by atoms with Gasteiger partial charge in [0.15, 0.2) is 17.3 Å². The number of likely N-dealkylation sites (tertiary alicyclic amines) is 1. The molecule has 16 nitrogen and oxygen atoms in total. The molecule has 0 radical (unpaired) electrons. The Morgan fingerprint density at radius 3 is 1.23 bits per heavy atom. The number of esters is 2. The van der Waals surface area contributed by atoms with Crippen molar-refractivity contribution >= 4 is 78.8 Å². The highest BCUT2D eigenvalue weighted by Gasteiger charge is 2.31. The zero-order chi connectivity index (χ0) is 70.0. The third-order valence-corrected chi connectivity index (χ3v) is 15.5. The minimum absolute atomic E-state index is 0.00779. The largest absolute Gasteiger partial charge is 0.486 e. The number of benzene rings is 9. The van der Waals surface area contributed by atoms with Gasteiger partial charge in [-0.05, 0) is 164 Å². The van der Waals surface area contributed by atoms with E-state index in [-0.39, 0.29) is 77.6 Å². The highest BCUT2D eigenvalue weighted by atomic mass is 79.9. The number of aliphatic hydroxyl groups is 1. The Morgan fingerprint density at radius 2 is 0.845 bits per heavy atom. The lowest BCUT2D eigenvalue weighted by molar-refractivity contribution is -0.138. The summed E-state index contributed by atoms with van der Waals surface area (Å²) in [6.07, 6.45) is 0.697. The van der Waals surface area contributed by atoms with Crippen molar-refractivity contribution in [3.05, 3.63) is 272 Å². The van der Waals surface area contributed by atoms with Gasteiger partial charge in [0.1, 0.15) is 36.8 Å². The van der Waals surface area contributed by atoms with Crippen LogP contribution in [0.15, 0.2) is 221 Å². The van der Waals surface area contributed by atoms with Gasteiger partial charge < -0.3 is 39.4 Å². The summed E-state index contributed by atoms with van der Waals surface area (Å²) in [5, 5.41) is 22.4. The molecule has 9 aromatic rings. The fourth-order valence-corrected chi connectivity index (χ4v) is 10.1. The van der Waals surface area contributed by atoms with Crippen LogP contribution in [0, 0.1) is 23.3 Å². The van der Waals surface area contributed by atoms with Crippen LogP contribution in [0.1, 0.15) is 79.8 Å². The molecule has 1 fully saturated rings. The molecule has 2 heterocycles. The van der Waals surface area contributed by atoms with Gasteiger partial charge in [-0.15, -0.1) is 0 Å². The Bertz CT molecular complexity index is 4140. The predicted molar refractivity (Wildman–Crippen MR) is 362 cm³/mol. The number of hydrogen-bond donors (Lipinski definition) is 3. The first kappa shape index (κ1) is 74.1. The highest BCUT2D eigenvalue weighted by Crippen LogP contribution is 2.37. The van der Waals surface area contributed by atoms with Crippen molar-refractivity contribution in [2.45, 2.75) is 38.8 Å². The van der Waals surface area contributed by atoms with Crippen LogP contribution in [0.3, 0.4) is 0 Å². The second kappa shape index (κ2) is 37.1. The van der Waals surface area contributed by atoms with Crippen LogP contribution < -0.4 is 14.8 Å². The number of ketones is 4. The van der Waals surface area contributed by atoms with E-state index in [4.69, 9.17) is 14.6 Å². The number of aliphatic carboxylic acids is 1. The molecule has 2 aliphatic heterocycles. The lowest BCUT2D eigenvalue weighted by Gasteiger charge is -2.29. The number of carboxylic acids is 1. The fourth-order valence-electron chi connectivity index (χ4n) is 9.50. The smallest absolute Gasteiger partial charge is 0.379 e. The third-order valence-electron chi connectivity index (χ3n) is 14.4. The molecule has 0 bridgehead atoms. The Morgan fingerprint density at radius 1 is 0.485 bits per heavy atom. The summed E-state index contributed by atoms with van der Waals surface area (Å²) in [7, 11) is 0. The van der Waals surface area contributed by atoms with Crippen molar-refractivity contribution < 1.29 is 85.1 Å². The molecule has 500 valence electrons. The third kappa shape index (κ3) is 22.4. The summed E-state index contributed by atoms with van der Waals surface area (Å²) in [4.78, 5) is 95.2. The van der Waals surface area contributed by atoms with E-state index in [1.54, 1.807) is 123 Å². The van der Waals surface area contributed by atoms with Crippen molar-refractivity contribution in [2.24, 2.45) is 0 Å². The maximum absolute atomic E-state index is 14.7. The van der Waals surface area contributed by atoms with Crippen LogP contribution in [-0.4, -0.2) is 114 Å². The standard InChI is InChI=1S/C29H28F2N2O5.C16H13FO3.C14H9FO3.C10H9BrO3.C6H5Br/c30-22-9-7-19(8-10-22)18-3-5-20(6-4-18)27(35)29(36)32-24(17-33-11-1-2-12-33)26(34)21-15-23(31)28-25(16-21)37-13-14-38-28;1-2-20-16(19)15(18)13-5-3-11(4-6-13)12-7-9-14(17)10-8-12;15-12-7-5-10(6-8-12)9-1-3-11(4-2-9)13(16)14(17)18;1-2-14-10(13)9(12)7-3-5-8(11)6-4-7;7-6-4-2-1-3-5-6/h3-10,15-16,24,26,34H,1-2,11-14,17H2,(H,32,36);3-10H,2H2,1H3;1-8H,(H,17,18);3-6H,2H2,1H3;1-5H/t24-,26-;;;;/m1..../s1. The second-order valence-electron chi connectivity index (χ2n) is 21.2. The monoisotopic (exact) mass is 1450 g/mol. The fraction of sp³-hybridized carbons (Fsp3) is 0.173. The first-order chi connectivity index (χ1) is 46.6. The molecule has 2 aliphatic rings. The van der Waals surface area contributed by atoms with Crippen LogP contribution >= 0.6 is 31.9 Å². The van der Waals surface area contributed by atoms with Crippen LogP contribution in [0.2, 0.25) is 0 Å². The van der Waals surface area contributed by atoms with Gasteiger partial charge in [0.25, 0.3) is 23.3 Å². The van der Waals surface area contributed by atoms with E-state index in [1.165, 1.54) is 66.7 Å². The van der Waals surface area contributed by atoms with E-state index in [2.05, 4.69) is 51.6 Å². The number of fused-ring (bicyclic) bond motifs is 1. The van der Waals surface area contributed by atoms with Crippen molar-refractivity contribution in [3.63, 3.8) is 0 Å². The number of ether oxygens (including phenoxy) is 4. The molecule has 1 saturated heterocycles. The van der Waals surface area contributed by atoms with Gasteiger partial charge in [-0.3, -0.25) is 24.0 Å². The van der Waals surface area contributed by atoms with Crippen LogP contribution in [0.5, 0.6) is 11.5 Å². The summed E-state index contributed by atoms with van der Waals surface area (Å²) in [6, 6.07) is 55.3.